The Labute approximate surface area is 147 Å². The van der Waals surface area contributed by atoms with Crippen molar-refractivity contribution in [1.29, 1.82) is 0 Å². The molecule has 136 valence electrons. The second-order valence-electron chi connectivity index (χ2n) is 5.55. The summed E-state index contributed by atoms with van der Waals surface area (Å²) in [5, 5.41) is 13.4. The molecule has 0 aliphatic rings. The van der Waals surface area contributed by atoms with Crippen LogP contribution in [-0.4, -0.2) is 23.9 Å². The number of carbonyl (C=O) groups excluding carboxylic acids is 2. The second kappa shape index (κ2) is 7.18. The number of aryl methyl sites for hydroxylation is 1. The van der Waals surface area contributed by atoms with Crippen LogP contribution in [0.5, 0.6) is 0 Å². The number of amides is 1. The van der Waals surface area contributed by atoms with Gasteiger partial charge in [-0.3, -0.25) is 14.9 Å². The number of hydrogen-bond acceptors (Lipinski definition) is 6. The zero-order valence-corrected chi connectivity index (χ0v) is 14.3. The van der Waals surface area contributed by atoms with Gasteiger partial charge in [0.15, 0.2) is 0 Å². The van der Waals surface area contributed by atoms with Crippen molar-refractivity contribution in [3.63, 3.8) is 0 Å². The number of anilines is 2. The van der Waals surface area contributed by atoms with Crippen molar-refractivity contribution in [2.75, 3.05) is 18.2 Å². The van der Waals surface area contributed by atoms with Gasteiger partial charge >= 0.3 is 5.97 Å². The van der Waals surface area contributed by atoms with Crippen molar-refractivity contribution >= 4 is 28.9 Å². The van der Waals surface area contributed by atoms with Gasteiger partial charge in [-0.2, -0.15) is 0 Å². The lowest BCUT2D eigenvalue weighted by Crippen LogP contribution is -2.16. The summed E-state index contributed by atoms with van der Waals surface area (Å²) in [7, 11) is 1.23. The number of rotatable bonds is 4. The highest BCUT2D eigenvalue weighted by Gasteiger charge is 2.22. The molecule has 0 unspecified atom stereocenters. The molecule has 2 aromatic carbocycles. The van der Waals surface area contributed by atoms with Crippen LogP contribution in [0.1, 0.15) is 31.8 Å². The standard InChI is InChI=1S/C17H16FN3O5/c1-8-4-11(7-12(9(8)2)17(23)26-3)20-16(22)13-5-10(18)6-14(15(13)19)21(24)25/h4-7H,19H2,1-3H3,(H,20,22). The number of nitro benzene ring substituents is 1. The minimum Gasteiger partial charge on any atom is -0.465 e. The third-order valence-electron chi connectivity index (χ3n) is 3.89. The van der Waals surface area contributed by atoms with Gasteiger partial charge < -0.3 is 15.8 Å². The first kappa shape index (κ1) is 18.8. The minimum atomic E-state index is -0.966. The molecular formula is C17H16FN3O5. The van der Waals surface area contributed by atoms with Crippen molar-refractivity contribution in [3.8, 4) is 0 Å². The molecule has 0 spiro atoms. The van der Waals surface area contributed by atoms with E-state index in [4.69, 9.17) is 10.5 Å². The zero-order chi connectivity index (χ0) is 19.6. The predicted octanol–water partition coefficient (Wildman–Crippen LogP) is 2.97. The summed E-state index contributed by atoms with van der Waals surface area (Å²) in [5.74, 6) is -2.39. The maximum atomic E-state index is 13.6. The Hall–Kier alpha value is -3.49. The van der Waals surface area contributed by atoms with Gasteiger partial charge in [0.05, 0.1) is 29.2 Å². The van der Waals surface area contributed by atoms with E-state index >= 15 is 0 Å². The number of benzene rings is 2. The average molecular weight is 361 g/mol. The van der Waals surface area contributed by atoms with Gasteiger partial charge in [0.1, 0.15) is 11.5 Å². The number of nitrogens with zero attached hydrogens (tertiary/aromatic N) is 1. The summed E-state index contributed by atoms with van der Waals surface area (Å²) in [6, 6.07) is 4.44. The molecule has 9 heteroatoms. The van der Waals surface area contributed by atoms with E-state index in [0.717, 1.165) is 6.07 Å². The number of carbonyl (C=O) groups is 2. The van der Waals surface area contributed by atoms with Crippen LogP contribution in [0.25, 0.3) is 0 Å². The third kappa shape index (κ3) is 3.61. The van der Waals surface area contributed by atoms with Gasteiger partial charge in [0.2, 0.25) is 0 Å². The number of methoxy groups -OCH3 is 1. The summed E-state index contributed by atoms with van der Waals surface area (Å²) < 4.78 is 18.3. The Bertz CT molecular complexity index is 927. The van der Waals surface area contributed by atoms with Gasteiger partial charge in [0.25, 0.3) is 11.6 Å². The summed E-state index contributed by atoms with van der Waals surface area (Å²) in [5.41, 5.74) is 5.96. The number of ether oxygens (including phenoxy) is 1. The second-order valence-corrected chi connectivity index (χ2v) is 5.55. The fourth-order valence-electron chi connectivity index (χ4n) is 2.39. The average Bonchev–Trinajstić information content (AvgIpc) is 2.58. The highest BCUT2D eigenvalue weighted by Crippen LogP contribution is 2.28. The fraction of sp³-hybridized carbons (Fsp3) is 0.176. The number of nitrogens with two attached hydrogens (primary N) is 1. The van der Waals surface area contributed by atoms with E-state index in [2.05, 4.69) is 5.32 Å². The van der Waals surface area contributed by atoms with E-state index in [1.165, 1.54) is 13.2 Å². The molecule has 0 saturated carbocycles. The maximum absolute atomic E-state index is 13.6. The molecule has 0 aromatic heterocycles. The van der Waals surface area contributed by atoms with E-state index < -0.39 is 34.0 Å². The Morgan fingerprint density at radius 2 is 1.85 bits per heavy atom. The van der Waals surface area contributed by atoms with Crippen molar-refractivity contribution in [1.82, 2.24) is 0 Å². The topological polar surface area (TPSA) is 125 Å². The van der Waals surface area contributed by atoms with E-state index in [1.807, 2.05) is 0 Å². The maximum Gasteiger partial charge on any atom is 0.338 e. The molecule has 8 nitrogen and oxygen atoms in total. The molecule has 0 heterocycles. The van der Waals surface area contributed by atoms with Gasteiger partial charge in [-0.05, 0) is 43.2 Å². The molecular weight excluding hydrogens is 345 g/mol. The normalized spacial score (nSPS) is 10.3. The predicted molar refractivity (Wildman–Crippen MR) is 92.7 cm³/mol. The number of esters is 1. The van der Waals surface area contributed by atoms with E-state index in [1.54, 1.807) is 19.9 Å². The minimum absolute atomic E-state index is 0.241. The molecule has 0 radical (unpaired) electrons. The van der Waals surface area contributed by atoms with Crippen LogP contribution < -0.4 is 11.1 Å². The number of nitrogens with one attached hydrogen (secondary N) is 1. The van der Waals surface area contributed by atoms with Crippen molar-refractivity contribution in [2.45, 2.75) is 13.8 Å². The van der Waals surface area contributed by atoms with E-state index in [9.17, 15) is 24.1 Å². The lowest BCUT2D eigenvalue weighted by Gasteiger charge is -2.12. The third-order valence-corrected chi connectivity index (χ3v) is 3.89. The summed E-state index contributed by atoms with van der Waals surface area (Å²) >= 11 is 0. The fourth-order valence-corrected chi connectivity index (χ4v) is 2.39. The molecule has 3 N–H and O–H groups in total. The molecule has 2 aromatic rings. The SMILES string of the molecule is COC(=O)c1cc(NC(=O)c2cc(F)cc([N+](=O)[O-])c2N)cc(C)c1C. The van der Waals surface area contributed by atoms with Crippen molar-refractivity contribution in [3.05, 3.63) is 62.5 Å². The van der Waals surface area contributed by atoms with Crippen LogP contribution in [0.4, 0.5) is 21.5 Å². The highest BCUT2D eigenvalue weighted by molar-refractivity contribution is 6.09. The lowest BCUT2D eigenvalue weighted by molar-refractivity contribution is -0.384. The zero-order valence-electron chi connectivity index (χ0n) is 14.3. The van der Waals surface area contributed by atoms with Crippen molar-refractivity contribution in [2.24, 2.45) is 0 Å². The highest BCUT2D eigenvalue weighted by atomic mass is 19.1. The quantitative estimate of drug-likeness (QED) is 0.373. The first-order chi connectivity index (χ1) is 12.1. The lowest BCUT2D eigenvalue weighted by atomic mass is 10.0. The summed E-state index contributed by atoms with van der Waals surface area (Å²) in [6.45, 7) is 3.46. The van der Waals surface area contributed by atoms with Crippen LogP contribution in [0.2, 0.25) is 0 Å². The molecule has 26 heavy (non-hydrogen) atoms. The first-order valence-corrected chi connectivity index (χ1v) is 7.40. The molecule has 0 aliphatic carbocycles. The smallest absolute Gasteiger partial charge is 0.338 e. The monoisotopic (exact) mass is 361 g/mol. The molecule has 0 saturated heterocycles. The van der Waals surface area contributed by atoms with Gasteiger partial charge in [-0.25, -0.2) is 9.18 Å². The van der Waals surface area contributed by atoms with Crippen LogP contribution in [0, 0.1) is 29.8 Å². The summed E-state index contributed by atoms with van der Waals surface area (Å²) in [4.78, 5) is 34.3. The Morgan fingerprint density at radius 1 is 1.19 bits per heavy atom. The summed E-state index contributed by atoms with van der Waals surface area (Å²) in [6.07, 6.45) is 0. The van der Waals surface area contributed by atoms with E-state index in [0.29, 0.717) is 17.2 Å². The number of nitro groups is 1. The van der Waals surface area contributed by atoms with Crippen LogP contribution in [0.3, 0.4) is 0 Å². The van der Waals surface area contributed by atoms with Gasteiger partial charge in [-0.1, -0.05) is 0 Å². The van der Waals surface area contributed by atoms with Crippen LogP contribution in [0.15, 0.2) is 24.3 Å². The Kier molecular flexibility index (Phi) is 5.20. The molecule has 0 bridgehead atoms. The number of halogens is 1. The van der Waals surface area contributed by atoms with E-state index in [-0.39, 0.29) is 16.8 Å². The van der Waals surface area contributed by atoms with Crippen molar-refractivity contribution < 1.29 is 23.6 Å². The molecule has 0 aliphatic heterocycles. The Morgan fingerprint density at radius 3 is 2.42 bits per heavy atom. The van der Waals surface area contributed by atoms with Crippen LogP contribution in [-0.2, 0) is 4.74 Å². The largest absolute Gasteiger partial charge is 0.465 e. The number of hydrogen-bond donors (Lipinski definition) is 2. The first-order valence-electron chi connectivity index (χ1n) is 7.40. The van der Waals surface area contributed by atoms with Crippen LogP contribution >= 0.6 is 0 Å². The number of nitrogen functional groups attached to an aromatic ring is 1. The van der Waals surface area contributed by atoms with Gasteiger partial charge in [0, 0.05) is 5.69 Å². The Balaban J connectivity index is 2.44. The molecule has 2 rings (SSSR count). The molecule has 0 fully saturated rings. The molecule has 1 amide bonds. The van der Waals surface area contributed by atoms with Gasteiger partial charge in [-0.15, -0.1) is 0 Å². The molecule has 0 atom stereocenters.